The Morgan fingerprint density at radius 2 is 2.00 bits per heavy atom. The Kier molecular flexibility index (Phi) is 6.55. The van der Waals surface area contributed by atoms with Gasteiger partial charge in [-0.15, -0.1) is 0 Å². The molecule has 1 unspecified atom stereocenters. The predicted octanol–water partition coefficient (Wildman–Crippen LogP) is 2.72. The molecule has 17 heavy (non-hydrogen) atoms. The summed E-state index contributed by atoms with van der Waals surface area (Å²) in [6, 6.07) is 0.246. The van der Waals surface area contributed by atoms with Crippen molar-refractivity contribution in [1.82, 2.24) is 15.3 Å². The van der Waals surface area contributed by atoms with Gasteiger partial charge in [0.05, 0.1) is 13.2 Å². The largest absolute Gasteiger partial charge is 0.480 e. The molecule has 1 aromatic rings. The normalized spacial score (nSPS) is 12.4. The van der Waals surface area contributed by atoms with Crippen LogP contribution in [0.25, 0.3) is 0 Å². The molecular formula is C13H23N3O. The van der Waals surface area contributed by atoms with Gasteiger partial charge in [0.1, 0.15) is 5.69 Å². The van der Waals surface area contributed by atoms with Crippen molar-refractivity contribution in [2.75, 3.05) is 13.7 Å². The van der Waals surface area contributed by atoms with Gasteiger partial charge in [-0.05, 0) is 13.0 Å². The summed E-state index contributed by atoms with van der Waals surface area (Å²) in [5.41, 5.74) is 0.924. The zero-order valence-electron chi connectivity index (χ0n) is 11.1. The van der Waals surface area contributed by atoms with E-state index in [1.54, 1.807) is 19.5 Å². The van der Waals surface area contributed by atoms with Crippen LogP contribution in [0.15, 0.2) is 12.4 Å². The van der Waals surface area contributed by atoms with Crippen LogP contribution in [0.3, 0.4) is 0 Å². The van der Waals surface area contributed by atoms with Crippen molar-refractivity contribution in [1.29, 1.82) is 0 Å². The van der Waals surface area contributed by atoms with Crippen molar-refractivity contribution in [3.8, 4) is 5.88 Å². The van der Waals surface area contributed by atoms with Crippen LogP contribution in [0, 0.1) is 0 Å². The average Bonchev–Trinajstić information content (AvgIpc) is 2.38. The van der Waals surface area contributed by atoms with E-state index < -0.39 is 0 Å². The molecule has 4 heteroatoms. The SMILES string of the molecule is CCCCCC(NCC)c1nccnc1OC. The first-order chi connectivity index (χ1) is 8.33. The molecule has 0 radical (unpaired) electrons. The number of aromatic nitrogens is 2. The van der Waals surface area contributed by atoms with Crippen LogP contribution < -0.4 is 10.1 Å². The van der Waals surface area contributed by atoms with Crippen LogP contribution in [0.4, 0.5) is 0 Å². The van der Waals surface area contributed by atoms with Gasteiger partial charge in [-0.2, -0.15) is 0 Å². The van der Waals surface area contributed by atoms with E-state index in [1.165, 1.54) is 19.3 Å². The zero-order chi connectivity index (χ0) is 12.5. The van der Waals surface area contributed by atoms with Gasteiger partial charge in [0.2, 0.25) is 5.88 Å². The summed E-state index contributed by atoms with van der Waals surface area (Å²) in [6.45, 7) is 5.25. The van der Waals surface area contributed by atoms with Crippen LogP contribution in [-0.2, 0) is 0 Å². The Morgan fingerprint density at radius 1 is 1.24 bits per heavy atom. The van der Waals surface area contributed by atoms with E-state index in [1.807, 2.05) is 0 Å². The first kappa shape index (κ1) is 13.9. The van der Waals surface area contributed by atoms with Crippen LogP contribution in [0.5, 0.6) is 5.88 Å². The summed E-state index contributed by atoms with van der Waals surface area (Å²) in [5.74, 6) is 0.634. The maximum atomic E-state index is 5.27. The number of ether oxygens (including phenoxy) is 1. The predicted molar refractivity (Wildman–Crippen MR) is 69.1 cm³/mol. The second-order valence-electron chi connectivity index (χ2n) is 4.06. The Balaban J connectivity index is 2.73. The molecule has 0 aromatic carbocycles. The Hall–Kier alpha value is -1.16. The lowest BCUT2D eigenvalue weighted by Gasteiger charge is -2.18. The third-order valence-corrected chi connectivity index (χ3v) is 2.76. The molecule has 0 bridgehead atoms. The van der Waals surface area contributed by atoms with Crippen molar-refractivity contribution >= 4 is 0 Å². The highest BCUT2D eigenvalue weighted by atomic mass is 16.5. The first-order valence-corrected chi connectivity index (χ1v) is 6.41. The molecule has 0 aliphatic heterocycles. The number of nitrogens with one attached hydrogen (secondary N) is 1. The van der Waals surface area contributed by atoms with Gasteiger partial charge in [-0.25, -0.2) is 4.98 Å². The zero-order valence-corrected chi connectivity index (χ0v) is 11.1. The van der Waals surface area contributed by atoms with Gasteiger partial charge in [-0.3, -0.25) is 4.98 Å². The maximum absolute atomic E-state index is 5.27. The lowest BCUT2D eigenvalue weighted by molar-refractivity contribution is 0.372. The van der Waals surface area contributed by atoms with Crippen molar-refractivity contribution < 1.29 is 4.74 Å². The third-order valence-electron chi connectivity index (χ3n) is 2.76. The number of unbranched alkanes of at least 4 members (excludes halogenated alkanes) is 2. The lowest BCUT2D eigenvalue weighted by atomic mass is 10.1. The molecule has 0 amide bonds. The smallest absolute Gasteiger partial charge is 0.236 e. The van der Waals surface area contributed by atoms with Crippen molar-refractivity contribution in [2.24, 2.45) is 0 Å². The summed E-state index contributed by atoms with van der Waals surface area (Å²) >= 11 is 0. The van der Waals surface area contributed by atoms with Crippen LogP contribution >= 0.6 is 0 Å². The molecule has 0 saturated heterocycles. The van der Waals surface area contributed by atoms with Gasteiger partial charge in [0.15, 0.2) is 0 Å². The fraction of sp³-hybridized carbons (Fsp3) is 0.692. The summed E-state index contributed by atoms with van der Waals surface area (Å²) in [5, 5.41) is 3.45. The number of nitrogens with zero attached hydrogens (tertiary/aromatic N) is 2. The lowest BCUT2D eigenvalue weighted by Crippen LogP contribution is -2.22. The highest BCUT2D eigenvalue weighted by Crippen LogP contribution is 2.24. The Morgan fingerprint density at radius 3 is 2.65 bits per heavy atom. The monoisotopic (exact) mass is 237 g/mol. The van der Waals surface area contributed by atoms with Gasteiger partial charge in [-0.1, -0.05) is 33.1 Å². The summed E-state index contributed by atoms with van der Waals surface area (Å²) < 4.78 is 5.27. The average molecular weight is 237 g/mol. The topological polar surface area (TPSA) is 47.0 Å². The molecule has 1 rings (SSSR count). The maximum Gasteiger partial charge on any atom is 0.236 e. The molecule has 1 atom stereocenters. The van der Waals surface area contributed by atoms with Crippen LogP contribution in [0.1, 0.15) is 51.3 Å². The second kappa shape index (κ2) is 8.01. The minimum atomic E-state index is 0.246. The molecule has 0 aliphatic rings. The number of methoxy groups -OCH3 is 1. The van der Waals surface area contributed by atoms with Gasteiger partial charge in [0.25, 0.3) is 0 Å². The van der Waals surface area contributed by atoms with Crippen LogP contribution in [0.2, 0.25) is 0 Å². The minimum absolute atomic E-state index is 0.246. The van der Waals surface area contributed by atoms with E-state index in [9.17, 15) is 0 Å². The first-order valence-electron chi connectivity index (χ1n) is 6.41. The quantitative estimate of drug-likeness (QED) is 0.706. The molecule has 0 fully saturated rings. The van der Waals surface area contributed by atoms with Gasteiger partial charge >= 0.3 is 0 Å². The molecule has 1 heterocycles. The van der Waals surface area contributed by atoms with Gasteiger partial charge < -0.3 is 10.1 Å². The molecule has 1 aromatic heterocycles. The third kappa shape index (κ3) is 4.30. The van der Waals surface area contributed by atoms with E-state index >= 15 is 0 Å². The van der Waals surface area contributed by atoms with Crippen molar-refractivity contribution in [3.05, 3.63) is 18.1 Å². The molecule has 4 nitrogen and oxygen atoms in total. The van der Waals surface area contributed by atoms with E-state index in [-0.39, 0.29) is 6.04 Å². The molecular weight excluding hydrogens is 214 g/mol. The molecule has 1 N–H and O–H groups in total. The number of hydrogen-bond donors (Lipinski definition) is 1. The summed E-state index contributed by atoms with van der Waals surface area (Å²) in [4.78, 5) is 8.60. The summed E-state index contributed by atoms with van der Waals surface area (Å²) in [6.07, 6.45) is 8.16. The fourth-order valence-electron chi connectivity index (χ4n) is 1.91. The molecule has 0 spiro atoms. The molecule has 0 saturated carbocycles. The van der Waals surface area contributed by atoms with E-state index in [2.05, 4.69) is 29.1 Å². The van der Waals surface area contributed by atoms with Crippen molar-refractivity contribution in [3.63, 3.8) is 0 Å². The summed E-state index contributed by atoms with van der Waals surface area (Å²) in [7, 11) is 1.64. The second-order valence-corrected chi connectivity index (χ2v) is 4.06. The fourth-order valence-corrected chi connectivity index (χ4v) is 1.91. The van der Waals surface area contributed by atoms with E-state index in [4.69, 9.17) is 4.74 Å². The standard InChI is InChI=1S/C13H23N3O/c1-4-6-7-8-11(14-5-2)12-13(17-3)16-10-9-15-12/h9-11,14H,4-8H2,1-3H3. The van der Waals surface area contributed by atoms with Crippen LogP contribution in [-0.4, -0.2) is 23.6 Å². The van der Waals surface area contributed by atoms with Crippen molar-refractivity contribution in [2.45, 2.75) is 45.6 Å². The number of rotatable bonds is 8. The molecule has 96 valence electrons. The van der Waals surface area contributed by atoms with E-state index in [0.717, 1.165) is 18.7 Å². The highest BCUT2D eigenvalue weighted by molar-refractivity contribution is 5.21. The Labute approximate surface area is 104 Å². The van der Waals surface area contributed by atoms with E-state index in [0.29, 0.717) is 5.88 Å². The minimum Gasteiger partial charge on any atom is -0.480 e. The molecule has 0 aliphatic carbocycles. The van der Waals surface area contributed by atoms with Gasteiger partial charge in [0, 0.05) is 12.4 Å². The highest BCUT2D eigenvalue weighted by Gasteiger charge is 2.16. The number of hydrogen-bond acceptors (Lipinski definition) is 4. The Bertz CT molecular complexity index is 317.